The molecule has 0 radical (unpaired) electrons. The zero-order chi connectivity index (χ0) is 19.5. The predicted molar refractivity (Wildman–Crippen MR) is 100 cm³/mol. The van der Waals surface area contributed by atoms with E-state index in [2.05, 4.69) is 13.0 Å². The van der Waals surface area contributed by atoms with Crippen molar-refractivity contribution >= 4 is 11.8 Å². The lowest BCUT2D eigenvalue weighted by Gasteiger charge is -2.24. The van der Waals surface area contributed by atoms with Crippen molar-refractivity contribution in [1.29, 1.82) is 5.26 Å². The molecule has 0 saturated heterocycles. The Labute approximate surface area is 157 Å². The molecule has 1 aliphatic carbocycles. The number of unbranched alkanes of at least 4 members (excludes halogenated alkanes) is 4. The van der Waals surface area contributed by atoms with Crippen molar-refractivity contribution in [3.8, 4) is 6.07 Å². The molecule has 5 atom stereocenters. The van der Waals surface area contributed by atoms with Crippen molar-refractivity contribution in [1.82, 2.24) is 0 Å². The average Bonchev–Trinajstić information content (AvgIpc) is 2.92. The Bertz CT molecular complexity index is 523. The van der Waals surface area contributed by atoms with Crippen molar-refractivity contribution < 1.29 is 19.8 Å². The third-order valence-corrected chi connectivity index (χ3v) is 5.37. The normalized spacial score (nSPS) is 25.3. The number of Topliss-reactive ketones (excluding diaryl/α,β-unsaturated/α-hetero) is 1. The van der Waals surface area contributed by atoms with Crippen LogP contribution in [-0.2, 0) is 9.59 Å². The van der Waals surface area contributed by atoms with Crippen LogP contribution >= 0.6 is 0 Å². The number of nitrogens with zero attached hydrogens (tertiary/aromatic N) is 1. The van der Waals surface area contributed by atoms with Gasteiger partial charge in [0.15, 0.2) is 0 Å². The third-order valence-electron chi connectivity index (χ3n) is 5.37. The van der Waals surface area contributed by atoms with Crippen LogP contribution in [0.15, 0.2) is 12.2 Å². The van der Waals surface area contributed by atoms with Gasteiger partial charge in [-0.1, -0.05) is 64.5 Å². The molecule has 5 nitrogen and oxygen atoms in total. The molecule has 1 unspecified atom stereocenters. The fourth-order valence-electron chi connectivity index (χ4n) is 3.86. The molecule has 1 rings (SSSR count). The summed E-state index contributed by atoms with van der Waals surface area (Å²) in [5.41, 5.74) is 0. The van der Waals surface area contributed by atoms with Crippen LogP contribution < -0.4 is 0 Å². The van der Waals surface area contributed by atoms with Gasteiger partial charge in [-0.25, -0.2) is 0 Å². The minimum Gasteiger partial charge on any atom is -0.481 e. The van der Waals surface area contributed by atoms with Gasteiger partial charge in [0.2, 0.25) is 0 Å². The molecule has 2 N–H and O–H groups in total. The maximum Gasteiger partial charge on any atom is 0.307 e. The van der Waals surface area contributed by atoms with E-state index in [9.17, 15) is 25.1 Å². The van der Waals surface area contributed by atoms with E-state index in [-0.39, 0.29) is 12.2 Å². The van der Waals surface area contributed by atoms with Crippen LogP contribution in [0.4, 0.5) is 0 Å². The van der Waals surface area contributed by atoms with Crippen LogP contribution in [-0.4, -0.2) is 28.1 Å². The lowest BCUT2D eigenvalue weighted by molar-refractivity contribution is -0.147. The molecule has 0 aromatic heterocycles. The predicted octanol–water partition coefficient (Wildman–Crippen LogP) is 4.11. The van der Waals surface area contributed by atoms with Gasteiger partial charge in [0.1, 0.15) is 5.78 Å². The molecule has 0 aromatic carbocycles. The third kappa shape index (κ3) is 6.57. The summed E-state index contributed by atoms with van der Waals surface area (Å²) in [7, 11) is 0. The van der Waals surface area contributed by atoms with E-state index in [1.165, 1.54) is 0 Å². The average molecular weight is 363 g/mol. The molecule has 0 heterocycles. The van der Waals surface area contributed by atoms with Crippen molar-refractivity contribution in [3.05, 3.63) is 12.2 Å². The summed E-state index contributed by atoms with van der Waals surface area (Å²) in [4.78, 5) is 24.2. The van der Waals surface area contributed by atoms with E-state index in [0.29, 0.717) is 12.8 Å². The van der Waals surface area contributed by atoms with Crippen LogP contribution in [0.5, 0.6) is 0 Å². The van der Waals surface area contributed by atoms with Crippen molar-refractivity contribution in [2.45, 2.75) is 77.7 Å². The van der Waals surface area contributed by atoms with Gasteiger partial charge in [-0.15, -0.1) is 0 Å². The Morgan fingerprint density at radius 1 is 1.23 bits per heavy atom. The molecule has 0 aliphatic heterocycles. The standard InChI is InChI=1S/C21H33NO4/c1-3-5-7-9-16(23)11-12-17-15(14-22)13-19(24)20(17)18(21(25)26)10-8-6-4-2/h11-12,15-18,20,23H,3-10,13H2,1-2H3,(H,25,26)/t15-,16-,17-,18?,20+/m0/s1. The van der Waals surface area contributed by atoms with Gasteiger partial charge in [-0.05, 0) is 12.8 Å². The number of rotatable bonds is 12. The Morgan fingerprint density at radius 2 is 1.85 bits per heavy atom. The molecule has 1 aliphatic rings. The first-order valence-corrected chi connectivity index (χ1v) is 9.97. The van der Waals surface area contributed by atoms with Crippen molar-refractivity contribution in [2.24, 2.45) is 23.7 Å². The summed E-state index contributed by atoms with van der Waals surface area (Å²) in [6, 6.07) is 2.16. The Hall–Kier alpha value is -1.67. The highest BCUT2D eigenvalue weighted by Gasteiger charge is 2.47. The fourth-order valence-corrected chi connectivity index (χ4v) is 3.86. The summed E-state index contributed by atoms with van der Waals surface area (Å²) in [5, 5.41) is 29.1. The van der Waals surface area contributed by atoms with Crippen LogP contribution in [0, 0.1) is 35.0 Å². The summed E-state index contributed by atoms with van der Waals surface area (Å²) in [6.45, 7) is 4.15. The van der Waals surface area contributed by atoms with Gasteiger partial charge in [-0.2, -0.15) is 5.26 Å². The summed E-state index contributed by atoms with van der Waals surface area (Å²) >= 11 is 0. The molecular weight excluding hydrogens is 330 g/mol. The Balaban J connectivity index is 2.89. The van der Waals surface area contributed by atoms with Gasteiger partial charge >= 0.3 is 5.97 Å². The summed E-state index contributed by atoms with van der Waals surface area (Å²) in [6.07, 6.45) is 9.72. The smallest absolute Gasteiger partial charge is 0.307 e. The minimum atomic E-state index is -0.958. The number of carboxylic acid groups (broad SMARTS) is 1. The number of carbonyl (C=O) groups excluding carboxylic acids is 1. The molecule has 5 heteroatoms. The first-order chi connectivity index (χ1) is 12.5. The molecule has 0 bridgehead atoms. The molecule has 1 fully saturated rings. The minimum absolute atomic E-state index is 0.111. The van der Waals surface area contributed by atoms with Crippen LogP contribution in [0.25, 0.3) is 0 Å². The summed E-state index contributed by atoms with van der Waals surface area (Å²) < 4.78 is 0. The number of aliphatic carboxylic acids is 1. The number of hydrogen-bond acceptors (Lipinski definition) is 4. The molecule has 0 amide bonds. The number of ketones is 1. The second-order valence-electron chi connectivity index (χ2n) is 7.40. The second kappa shape index (κ2) is 11.9. The largest absolute Gasteiger partial charge is 0.481 e. The fraction of sp³-hybridized carbons (Fsp3) is 0.762. The first-order valence-electron chi connectivity index (χ1n) is 9.97. The highest BCUT2D eigenvalue weighted by Crippen LogP contribution is 2.41. The van der Waals surface area contributed by atoms with Crippen LogP contribution in [0.3, 0.4) is 0 Å². The molecule has 1 saturated carbocycles. The van der Waals surface area contributed by atoms with E-state index in [0.717, 1.165) is 38.5 Å². The molecule has 146 valence electrons. The van der Waals surface area contributed by atoms with Crippen LogP contribution in [0.1, 0.15) is 71.6 Å². The van der Waals surface area contributed by atoms with Gasteiger partial charge in [0.05, 0.1) is 24.0 Å². The highest BCUT2D eigenvalue weighted by atomic mass is 16.4. The topological polar surface area (TPSA) is 98.4 Å². The van der Waals surface area contributed by atoms with Crippen molar-refractivity contribution in [3.63, 3.8) is 0 Å². The van der Waals surface area contributed by atoms with Crippen LogP contribution in [0.2, 0.25) is 0 Å². The SMILES string of the molecule is CCCCCC(C(=O)O)[C@@H]1C(=O)C[C@@H](C#N)[C@@H]1C=C[C@@H](O)CCCCC. The van der Waals surface area contributed by atoms with Gasteiger partial charge in [0, 0.05) is 18.3 Å². The van der Waals surface area contributed by atoms with Gasteiger partial charge in [0.25, 0.3) is 0 Å². The van der Waals surface area contributed by atoms with E-state index in [4.69, 9.17) is 0 Å². The summed E-state index contributed by atoms with van der Waals surface area (Å²) in [5.74, 6) is -3.42. The maximum absolute atomic E-state index is 12.5. The monoisotopic (exact) mass is 363 g/mol. The van der Waals surface area contributed by atoms with E-state index in [1.807, 2.05) is 6.92 Å². The maximum atomic E-state index is 12.5. The van der Waals surface area contributed by atoms with E-state index < -0.39 is 35.7 Å². The highest BCUT2D eigenvalue weighted by molar-refractivity contribution is 5.89. The quantitative estimate of drug-likeness (QED) is 0.401. The number of aliphatic hydroxyl groups excluding tert-OH is 1. The number of carbonyl (C=O) groups is 2. The zero-order valence-corrected chi connectivity index (χ0v) is 16.1. The number of aliphatic hydroxyl groups is 1. The van der Waals surface area contributed by atoms with Crippen molar-refractivity contribution in [2.75, 3.05) is 0 Å². The van der Waals surface area contributed by atoms with E-state index in [1.54, 1.807) is 12.2 Å². The van der Waals surface area contributed by atoms with Gasteiger partial charge in [-0.3, -0.25) is 9.59 Å². The Kier molecular flexibility index (Phi) is 10.2. The van der Waals surface area contributed by atoms with Gasteiger partial charge < -0.3 is 10.2 Å². The molecule has 0 spiro atoms. The molecule has 26 heavy (non-hydrogen) atoms. The number of carboxylic acids is 1. The molecular formula is C21H33NO4. The van der Waals surface area contributed by atoms with E-state index >= 15 is 0 Å². The second-order valence-corrected chi connectivity index (χ2v) is 7.40. The zero-order valence-electron chi connectivity index (χ0n) is 16.1. The first kappa shape index (κ1) is 22.4. The molecule has 0 aromatic rings. The lowest BCUT2D eigenvalue weighted by Crippen LogP contribution is -2.31. The lowest BCUT2D eigenvalue weighted by atomic mass is 9.78. The number of allylic oxidation sites excluding steroid dienone is 1. The Morgan fingerprint density at radius 3 is 2.38 bits per heavy atom. The number of nitriles is 1. The number of hydrogen-bond donors (Lipinski definition) is 2.